The first-order valence-electron chi connectivity index (χ1n) is 9.27. The van der Waals surface area contributed by atoms with Crippen molar-refractivity contribution in [1.82, 2.24) is 9.80 Å². The molecule has 1 fully saturated rings. The molecule has 0 saturated carbocycles. The average Bonchev–Trinajstić information content (AvgIpc) is 3.15. The number of fused-ring (bicyclic) bond motifs is 2. The second kappa shape index (κ2) is 7.27. The van der Waals surface area contributed by atoms with Crippen molar-refractivity contribution >= 4 is 21.8 Å². The number of hydrogen-bond donors (Lipinski definition) is 0. The van der Waals surface area contributed by atoms with Gasteiger partial charge >= 0.3 is 0 Å². The second-order valence-electron chi connectivity index (χ2n) is 7.20. The molecule has 4 rings (SSSR count). The summed E-state index contributed by atoms with van der Waals surface area (Å²) in [6.07, 6.45) is 4.78. The van der Waals surface area contributed by atoms with Crippen LogP contribution in [0.25, 0.3) is 0 Å². The minimum atomic E-state index is -0.0195. The molecular formula is C19H25BrN2O4. The highest BCUT2D eigenvalue weighted by Gasteiger charge is 2.38. The highest BCUT2D eigenvalue weighted by Crippen LogP contribution is 2.54. The Morgan fingerprint density at radius 1 is 1.19 bits per heavy atom. The summed E-state index contributed by atoms with van der Waals surface area (Å²) < 4.78 is 18.0. The summed E-state index contributed by atoms with van der Waals surface area (Å²) in [5.74, 6) is 2.29. The van der Waals surface area contributed by atoms with Gasteiger partial charge in [0, 0.05) is 37.7 Å². The third-order valence-corrected chi connectivity index (χ3v) is 6.55. The molecule has 0 aliphatic carbocycles. The number of likely N-dealkylation sites (N-methyl/N-ethyl adjacent to an activating group) is 1. The van der Waals surface area contributed by atoms with Gasteiger partial charge in [-0.25, -0.2) is 0 Å². The summed E-state index contributed by atoms with van der Waals surface area (Å²) in [5.41, 5.74) is 2.23. The third-order valence-electron chi connectivity index (χ3n) is 5.71. The van der Waals surface area contributed by atoms with Gasteiger partial charge in [-0.15, -0.1) is 0 Å². The van der Waals surface area contributed by atoms with E-state index in [4.69, 9.17) is 14.2 Å². The molecule has 6 nitrogen and oxygen atoms in total. The first-order chi connectivity index (χ1) is 12.6. The molecule has 3 aliphatic heterocycles. The maximum absolute atomic E-state index is 12.9. The second-order valence-corrected chi connectivity index (χ2v) is 7.99. The normalized spacial score (nSPS) is 22.3. The van der Waals surface area contributed by atoms with Gasteiger partial charge in [-0.1, -0.05) is 0 Å². The van der Waals surface area contributed by atoms with Gasteiger partial charge in [0.25, 0.3) is 0 Å². The Balaban J connectivity index is 1.71. The number of carbonyl (C=O) groups is 1. The van der Waals surface area contributed by atoms with Crippen LogP contribution in [0.2, 0.25) is 0 Å². The van der Waals surface area contributed by atoms with Crippen molar-refractivity contribution in [2.75, 3.05) is 40.6 Å². The first kappa shape index (κ1) is 17.9. The number of piperidine rings is 1. The maximum Gasteiger partial charge on any atom is 0.231 e. The highest BCUT2D eigenvalue weighted by molar-refractivity contribution is 9.10. The number of carbonyl (C=O) groups excluding carboxylic acids is 1. The summed E-state index contributed by atoms with van der Waals surface area (Å²) in [7, 11) is 3.73. The number of amides is 1. The average molecular weight is 425 g/mol. The SMILES string of the molecule is COc1c2c(c(Br)c3c1C(CC(=O)N1CCCCC1)N(C)CC3)OCO2. The number of nitrogens with zero attached hydrogens (tertiary/aromatic N) is 2. The van der Waals surface area contributed by atoms with Gasteiger partial charge < -0.3 is 19.1 Å². The Labute approximate surface area is 162 Å². The lowest BCUT2D eigenvalue weighted by atomic mass is 9.89. The zero-order chi connectivity index (χ0) is 18.3. The Kier molecular flexibility index (Phi) is 5.01. The predicted molar refractivity (Wildman–Crippen MR) is 101 cm³/mol. The fourth-order valence-electron chi connectivity index (χ4n) is 4.28. The van der Waals surface area contributed by atoms with E-state index < -0.39 is 0 Å². The molecule has 1 atom stereocenters. The van der Waals surface area contributed by atoms with E-state index in [2.05, 4.69) is 27.9 Å². The Morgan fingerprint density at radius 3 is 2.65 bits per heavy atom. The first-order valence-corrected chi connectivity index (χ1v) is 10.1. The molecule has 1 aromatic carbocycles. The zero-order valence-electron chi connectivity index (χ0n) is 15.3. The van der Waals surface area contributed by atoms with Crippen molar-refractivity contribution in [1.29, 1.82) is 0 Å². The Morgan fingerprint density at radius 2 is 1.92 bits per heavy atom. The van der Waals surface area contributed by atoms with Crippen LogP contribution in [0.15, 0.2) is 4.47 Å². The summed E-state index contributed by atoms with van der Waals surface area (Å²) in [5, 5.41) is 0. The topological polar surface area (TPSA) is 51.2 Å². The van der Waals surface area contributed by atoms with Gasteiger partial charge in [0.15, 0.2) is 11.5 Å². The minimum Gasteiger partial charge on any atom is -0.492 e. The van der Waals surface area contributed by atoms with E-state index >= 15 is 0 Å². The lowest BCUT2D eigenvalue weighted by molar-refractivity contribution is -0.133. The van der Waals surface area contributed by atoms with E-state index in [1.807, 2.05) is 4.90 Å². The third kappa shape index (κ3) is 2.95. The van der Waals surface area contributed by atoms with Gasteiger partial charge in [0.2, 0.25) is 18.4 Å². The van der Waals surface area contributed by atoms with Crippen LogP contribution < -0.4 is 14.2 Å². The van der Waals surface area contributed by atoms with Crippen molar-refractivity contribution in [2.24, 2.45) is 0 Å². The van der Waals surface area contributed by atoms with E-state index in [0.717, 1.165) is 48.9 Å². The summed E-state index contributed by atoms with van der Waals surface area (Å²) in [6.45, 7) is 2.85. The van der Waals surface area contributed by atoms with Crippen molar-refractivity contribution in [3.05, 3.63) is 15.6 Å². The Bertz CT molecular complexity index is 718. The van der Waals surface area contributed by atoms with Crippen LogP contribution in [0.5, 0.6) is 17.2 Å². The van der Waals surface area contributed by atoms with Crippen LogP contribution in [0.1, 0.15) is 42.9 Å². The molecule has 1 amide bonds. The standard InChI is InChI=1S/C19H25BrN2O4/c1-21-9-6-12-15(13(21)10-14(23)22-7-4-3-5-8-22)17(24-2)19-18(16(12)20)25-11-26-19/h13H,3-11H2,1-2H3. The van der Waals surface area contributed by atoms with Gasteiger partial charge in [0.1, 0.15) is 0 Å². The van der Waals surface area contributed by atoms with Gasteiger partial charge in [0.05, 0.1) is 11.6 Å². The number of rotatable bonds is 3. The van der Waals surface area contributed by atoms with Gasteiger partial charge in [-0.2, -0.15) is 0 Å². The molecule has 0 radical (unpaired) electrons. The molecule has 1 aromatic rings. The molecule has 0 bridgehead atoms. The van der Waals surface area contributed by atoms with Gasteiger partial charge in [-0.05, 0) is 54.2 Å². The summed E-state index contributed by atoms with van der Waals surface area (Å²) >= 11 is 3.70. The number of benzene rings is 1. The molecule has 1 saturated heterocycles. The summed E-state index contributed by atoms with van der Waals surface area (Å²) in [4.78, 5) is 17.2. The molecule has 3 aliphatic rings. The van der Waals surface area contributed by atoms with Crippen LogP contribution in [0.3, 0.4) is 0 Å². The van der Waals surface area contributed by atoms with Crippen molar-refractivity contribution in [3.63, 3.8) is 0 Å². The number of likely N-dealkylation sites (tertiary alicyclic amines) is 1. The van der Waals surface area contributed by atoms with Crippen LogP contribution in [-0.4, -0.2) is 56.3 Å². The van der Waals surface area contributed by atoms with Crippen molar-refractivity contribution < 1.29 is 19.0 Å². The predicted octanol–water partition coefficient (Wildman–Crippen LogP) is 3.12. The monoisotopic (exact) mass is 424 g/mol. The molecule has 1 unspecified atom stereocenters. The molecule has 0 spiro atoms. The molecule has 0 N–H and O–H groups in total. The smallest absolute Gasteiger partial charge is 0.231 e. The molecule has 0 aromatic heterocycles. The van der Waals surface area contributed by atoms with Gasteiger partial charge in [-0.3, -0.25) is 9.69 Å². The molecule has 3 heterocycles. The van der Waals surface area contributed by atoms with Crippen molar-refractivity contribution in [2.45, 2.75) is 38.1 Å². The number of methoxy groups -OCH3 is 1. The maximum atomic E-state index is 12.9. The minimum absolute atomic E-state index is 0.0195. The molecule has 26 heavy (non-hydrogen) atoms. The van der Waals surface area contributed by atoms with Crippen LogP contribution in [0, 0.1) is 0 Å². The lowest BCUT2D eigenvalue weighted by Gasteiger charge is -2.37. The summed E-state index contributed by atoms with van der Waals surface area (Å²) in [6, 6.07) is -0.0195. The van der Waals surface area contributed by atoms with Crippen LogP contribution >= 0.6 is 15.9 Å². The Hall–Kier alpha value is -1.47. The largest absolute Gasteiger partial charge is 0.492 e. The van der Waals surface area contributed by atoms with E-state index in [0.29, 0.717) is 23.7 Å². The fraction of sp³-hybridized carbons (Fsp3) is 0.632. The molecular weight excluding hydrogens is 400 g/mol. The molecule has 142 valence electrons. The molecule has 7 heteroatoms. The fourth-order valence-corrected chi connectivity index (χ4v) is 4.99. The van der Waals surface area contributed by atoms with E-state index in [9.17, 15) is 4.79 Å². The number of hydrogen-bond acceptors (Lipinski definition) is 5. The van der Waals surface area contributed by atoms with Crippen LogP contribution in [0.4, 0.5) is 0 Å². The lowest BCUT2D eigenvalue weighted by Crippen LogP contribution is -2.40. The van der Waals surface area contributed by atoms with E-state index in [-0.39, 0.29) is 18.7 Å². The quantitative estimate of drug-likeness (QED) is 0.745. The van der Waals surface area contributed by atoms with E-state index in [1.54, 1.807) is 7.11 Å². The zero-order valence-corrected chi connectivity index (χ0v) is 16.9. The number of halogens is 1. The van der Waals surface area contributed by atoms with Crippen LogP contribution in [-0.2, 0) is 11.2 Å². The number of ether oxygens (including phenoxy) is 3. The highest BCUT2D eigenvalue weighted by atomic mass is 79.9. The van der Waals surface area contributed by atoms with E-state index in [1.165, 1.54) is 12.0 Å². The van der Waals surface area contributed by atoms with Crippen molar-refractivity contribution in [3.8, 4) is 17.2 Å².